The van der Waals surface area contributed by atoms with Gasteiger partial charge < -0.3 is 10.2 Å². The van der Waals surface area contributed by atoms with Crippen LogP contribution in [0.2, 0.25) is 0 Å². The molecule has 25 heavy (non-hydrogen) atoms. The van der Waals surface area contributed by atoms with Crippen LogP contribution < -0.4 is 5.32 Å². The fourth-order valence-corrected chi connectivity index (χ4v) is 4.27. The summed E-state index contributed by atoms with van der Waals surface area (Å²) in [6.45, 7) is 9.11. The Morgan fingerprint density at radius 3 is 2.80 bits per heavy atom. The molecule has 0 unspecified atom stereocenters. The van der Waals surface area contributed by atoms with Gasteiger partial charge in [-0.3, -0.25) is 9.59 Å². The highest BCUT2D eigenvalue weighted by Gasteiger charge is 2.41. The minimum absolute atomic E-state index is 0.0743. The van der Waals surface area contributed by atoms with Gasteiger partial charge in [-0.2, -0.15) is 5.10 Å². The number of aromatic nitrogens is 2. The van der Waals surface area contributed by atoms with Crippen LogP contribution in [-0.4, -0.2) is 39.1 Å². The molecule has 1 N–H and O–H groups in total. The van der Waals surface area contributed by atoms with Crippen molar-refractivity contribution in [3.8, 4) is 0 Å². The molecule has 0 spiro atoms. The summed E-state index contributed by atoms with van der Waals surface area (Å²) in [6.07, 6.45) is 5.48. The largest absolute Gasteiger partial charge is 0.339 e. The van der Waals surface area contributed by atoms with Gasteiger partial charge in [0.15, 0.2) is 0 Å². The van der Waals surface area contributed by atoms with Crippen LogP contribution >= 0.6 is 0 Å². The average molecular weight is 346 g/mol. The standard InChI is InChI=1S/C19H30N4O2/c1-12(2)23-17(8-9-20-23)21-19(25)15-10-18(24)22(11-15)16-7-5-6-13(3)14(16)4/h8-9,12-16H,5-7,10-11H2,1-4H3,(H,21,25)/t13-,14+,15-,16+/m1/s1. The lowest BCUT2D eigenvalue weighted by Gasteiger charge is -2.40. The van der Waals surface area contributed by atoms with Gasteiger partial charge in [-0.25, -0.2) is 4.68 Å². The number of carbonyl (C=O) groups is 2. The molecule has 0 bridgehead atoms. The van der Waals surface area contributed by atoms with Crippen molar-refractivity contribution in [2.45, 2.75) is 65.5 Å². The molecule has 0 aromatic carbocycles. The van der Waals surface area contributed by atoms with E-state index in [-0.39, 0.29) is 29.8 Å². The number of rotatable bonds is 4. The summed E-state index contributed by atoms with van der Waals surface area (Å²) in [4.78, 5) is 27.2. The molecule has 1 aromatic rings. The van der Waals surface area contributed by atoms with Crippen LogP contribution in [0, 0.1) is 17.8 Å². The SMILES string of the molecule is CC(C)n1nccc1NC(=O)[C@@H]1CC(=O)N([C@H]2CCC[C@@H](C)[C@@H]2C)C1. The van der Waals surface area contributed by atoms with E-state index in [1.165, 1.54) is 12.8 Å². The van der Waals surface area contributed by atoms with Gasteiger partial charge in [0.25, 0.3) is 0 Å². The number of carbonyl (C=O) groups excluding carboxylic acids is 2. The van der Waals surface area contributed by atoms with Crippen molar-refractivity contribution in [1.29, 1.82) is 0 Å². The monoisotopic (exact) mass is 346 g/mol. The van der Waals surface area contributed by atoms with Crippen LogP contribution in [0.25, 0.3) is 0 Å². The molecule has 2 aliphatic rings. The molecule has 2 fully saturated rings. The summed E-state index contributed by atoms with van der Waals surface area (Å²) in [7, 11) is 0. The lowest BCUT2D eigenvalue weighted by atomic mass is 9.77. The molecular weight excluding hydrogens is 316 g/mol. The number of amides is 2. The van der Waals surface area contributed by atoms with Gasteiger partial charge in [0.05, 0.1) is 12.1 Å². The number of nitrogens with one attached hydrogen (secondary N) is 1. The molecule has 1 aromatic heterocycles. The summed E-state index contributed by atoms with van der Waals surface area (Å²) >= 11 is 0. The first kappa shape index (κ1) is 18.0. The van der Waals surface area contributed by atoms with Gasteiger partial charge in [0.1, 0.15) is 5.82 Å². The lowest BCUT2D eigenvalue weighted by molar-refractivity contribution is -0.131. The van der Waals surface area contributed by atoms with Crippen molar-refractivity contribution in [2.24, 2.45) is 17.8 Å². The molecule has 3 rings (SSSR count). The summed E-state index contributed by atoms with van der Waals surface area (Å²) < 4.78 is 1.79. The van der Waals surface area contributed by atoms with E-state index in [1.807, 2.05) is 18.7 Å². The van der Waals surface area contributed by atoms with Gasteiger partial charge in [-0.1, -0.05) is 26.7 Å². The Bertz CT molecular complexity index is 639. The Morgan fingerprint density at radius 1 is 1.32 bits per heavy atom. The third kappa shape index (κ3) is 3.58. The number of anilines is 1. The molecule has 1 aliphatic heterocycles. The maximum absolute atomic E-state index is 12.7. The topological polar surface area (TPSA) is 67.2 Å². The van der Waals surface area contributed by atoms with E-state index in [0.29, 0.717) is 30.6 Å². The Balaban J connectivity index is 1.65. The minimum atomic E-state index is -0.271. The predicted octanol–water partition coefficient (Wildman–Crippen LogP) is 3.08. The van der Waals surface area contributed by atoms with Crippen molar-refractivity contribution in [3.63, 3.8) is 0 Å². The molecular formula is C19H30N4O2. The Hall–Kier alpha value is -1.85. The van der Waals surface area contributed by atoms with Crippen molar-refractivity contribution in [2.75, 3.05) is 11.9 Å². The van der Waals surface area contributed by atoms with E-state index >= 15 is 0 Å². The second-order valence-corrected chi connectivity index (χ2v) is 8.03. The maximum Gasteiger partial charge on any atom is 0.230 e. The van der Waals surface area contributed by atoms with Crippen molar-refractivity contribution >= 4 is 17.6 Å². The number of hydrogen-bond donors (Lipinski definition) is 1. The third-order valence-corrected chi connectivity index (χ3v) is 6.00. The summed E-state index contributed by atoms with van der Waals surface area (Å²) in [5, 5.41) is 7.20. The van der Waals surface area contributed by atoms with Gasteiger partial charge in [-0.15, -0.1) is 0 Å². The molecule has 0 radical (unpaired) electrons. The van der Waals surface area contributed by atoms with Crippen LogP contribution in [0.5, 0.6) is 0 Å². The zero-order valence-electron chi connectivity index (χ0n) is 15.7. The van der Waals surface area contributed by atoms with Crippen LogP contribution in [0.4, 0.5) is 5.82 Å². The summed E-state index contributed by atoms with van der Waals surface area (Å²) in [5.41, 5.74) is 0. The van der Waals surface area contributed by atoms with Crippen molar-refractivity contribution < 1.29 is 9.59 Å². The zero-order chi connectivity index (χ0) is 18.1. The molecule has 2 heterocycles. The molecule has 1 saturated heterocycles. The van der Waals surface area contributed by atoms with E-state index < -0.39 is 0 Å². The molecule has 6 heteroatoms. The van der Waals surface area contributed by atoms with Gasteiger partial charge >= 0.3 is 0 Å². The lowest BCUT2D eigenvalue weighted by Crippen LogP contribution is -2.45. The Labute approximate surface area is 149 Å². The second-order valence-electron chi connectivity index (χ2n) is 8.03. The van der Waals surface area contributed by atoms with E-state index in [4.69, 9.17) is 0 Å². The Kier molecular flexibility index (Phi) is 5.16. The fourth-order valence-electron chi connectivity index (χ4n) is 4.27. The highest BCUT2D eigenvalue weighted by Crippen LogP contribution is 2.36. The van der Waals surface area contributed by atoms with Crippen LogP contribution in [0.3, 0.4) is 0 Å². The number of likely N-dealkylation sites (tertiary alicyclic amines) is 1. The summed E-state index contributed by atoms with van der Waals surface area (Å²) in [6, 6.07) is 2.27. The van der Waals surface area contributed by atoms with E-state index in [0.717, 1.165) is 6.42 Å². The van der Waals surface area contributed by atoms with Crippen LogP contribution in [0.15, 0.2) is 12.3 Å². The first-order valence-electron chi connectivity index (χ1n) is 9.52. The Morgan fingerprint density at radius 2 is 2.08 bits per heavy atom. The zero-order valence-corrected chi connectivity index (χ0v) is 15.7. The van der Waals surface area contributed by atoms with Gasteiger partial charge in [-0.05, 0) is 32.1 Å². The van der Waals surface area contributed by atoms with E-state index in [1.54, 1.807) is 16.9 Å². The molecule has 1 saturated carbocycles. The van der Waals surface area contributed by atoms with Crippen molar-refractivity contribution in [3.05, 3.63) is 12.3 Å². The minimum Gasteiger partial charge on any atom is -0.339 e. The highest BCUT2D eigenvalue weighted by molar-refractivity contribution is 5.96. The molecule has 4 atom stereocenters. The molecule has 1 aliphatic carbocycles. The first-order chi connectivity index (χ1) is 11.9. The third-order valence-electron chi connectivity index (χ3n) is 6.00. The normalized spacial score (nSPS) is 30.1. The highest BCUT2D eigenvalue weighted by atomic mass is 16.2. The quantitative estimate of drug-likeness (QED) is 0.911. The van der Waals surface area contributed by atoms with Gasteiger partial charge in [0.2, 0.25) is 11.8 Å². The molecule has 2 amide bonds. The van der Waals surface area contributed by atoms with Crippen LogP contribution in [-0.2, 0) is 9.59 Å². The van der Waals surface area contributed by atoms with Crippen molar-refractivity contribution in [1.82, 2.24) is 14.7 Å². The van der Waals surface area contributed by atoms with Crippen LogP contribution in [0.1, 0.15) is 59.4 Å². The second kappa shape index (κ2) is 7.18. The number of nitrogens with zero attached hydrogens (tertiary/aromatic N) is 3. The van der Waals surface area contributed by atoms with E-state index in [9.17, 15) is 9.59 Å². The average Bonchev–Trinajstić information content (AvgIpc) is 3.17. The fraction of sp³-hybridized carbons (Fsp3) is 0.737. The first-order valence-corrected chi connectivity index (χ1v) is 9.52. The maximum atomic E-state index is 12.7. The van der Waals surface area contributed by atoms with E-state index in [2.05, 4.69) is 24.3 Å². The molecule has 138 valence electrons. The van der Waals surface area contributed by atoms with Gasteiger partial charge in [0, 0.05) is 31.1 Å². The molecule has 6 nitrogen and oxygen atoms in total. The predicted molar refractivity (Wildman–Crippen MR) is 97.0 cm³/mol. The number of hydrogen-bond acceptors (Lipinski definition) is 3. The smallest absolute Gasteiger partial charge is 0.230 e. The summed E-state index contributed by atoms with van der Waals surface area (Å²) in [5.74, 6) is 1.62.